The number of amides is 2. The molecule has 0 fully saturated rings. The van der Waals surface area contributed by atoms with Crippen LogP contribution in [0, 0.1) is 6.92 Å². The third-order valence-corrected chi connectivity index (χ3v) is 6.77. The van der Waals surface area contributed by atoms with E-state index < -0.39 is 0 Å². The molecular weight excluding hydrogens is 478 g/mol. The fourth-order valence-corrected chi connectivity index (χ4v) is 4.80. The van der Waals surface area contributed by atoms with E-state index in [9.17, 15) is 9.59 Å². The molecule has 4 rings (SSSR count). The van der Waals surface area contributed by atoms with Crippen molar-refractivity contribution in [2.75, 3.05) is 23.1 Å². The van der Waals surface area contributed by atoms with Crippen LogP contribution in [-0.4, -0.2) is 29.8 Å². The number of amidine groups is 1. The van der Waals surface area contributed by atoms with Crippen LogP contribution < -0.4 is 15.0 Å². The molecule has 6 nitrogen and oxygen atoms in total. The summed E-state index contributed by atoms with van der Waals surface area (Å²) < 4.78 is 5.22. The highest BCUT2D eigenvalue weighted by Crippen LogP contribution is 2.34. The number of thiophene rings is 1. The van der Waals surface area contributed by atoms with Crippen molar-refractivity contribution in [2.24, 2.45) is 4.99 Å². The van der Waals surface area contributed by atoms with E-state index in [0.717, 1.165) is 10.4 Å². The second-order valence-corrected chi connectivity index (χ2v) is 9.43. The lowest BCUT2D eigenvalue weighted by Crippen LogP contribution is -2.31. The van der Waals surface area contributed by atoms with E-state index in [2.05, 4.69) is 10.3 Å². The summed E-state index contributed by atoms with van der Waals surface area (Å²) in [6.45, 7) is 1.98. The number of nitrogens with zero attached hydrogens (tertiary/aromatic N) is 2. The Morgan fingerprint density at radius 1 is 1.24 bits per heavy atom. The van der Waals surface area contributed by atoms with Gasteiger partial charge < -0.3 is 10.1 Å². The van der Waals surface area contributed by atoms with E-state index in [0.29, 0.717) is 33.0 Å². The van der Waals surface area contributed by atoms with Gasteiger partial charge in [0.15, 0.2) is 5.17 Å². The lowest BCUT2D eigenvalue weighted by molar-refractivity contribution is -0.114. The number of ether oxygens (including phenoxy) is 1. The van der Waals surface area contributed by atoms with Crippen molar-refractivity contribution >= 4 is 69.1 Å². The summed E-state index contributed by atoms with van der Waals surface area (Å²) in [5, 5.41) is 5.57. The van der Waals surface area contributed by atoms with Gasteiger partial charge in [0.1, 0.15) is 11.4 Å². The smallest absolute Gasteiger partial charge is 0.283 e. The third kappa shape index (κ3) is 5.47. The summed E-state index contributed by atoms with van der Waals surface area (Å²) in [6.07, 6.45) is 1.74. The van der Waals surface area contributed by atoms with E-state index in [4.69, 9.17) is 16.3 Å². The number of aliphatic imine (C=N–C) groups is 1. The molecular formula is C24H20ClN3O3S2. The molecule has 3 aromatic rings. The Morgan fingerprint density at radius 3 is 2.70 bits per heavy atom. The minimum atomic E-state index is -0.286. The Balaban J connectivity index is 1.57. The molecule has 9 heteroatoms. The molecule has 1 aliphatic heterocycles. The molecule has 2 heterocycles. The van der Waals surface area contributed by atoms with E-state index in [1.807, 2.05) is 48.7 Å². The highest BCUT2D eigenvalue weighted by molar-refractivity contribution is 8.14. The van der Waals surface area contributed by atoms with Gasteiger partial charge in [0.05, 0.1) is 23.6 Å². The molecule has 0 saturated carbocycles. The van der Waals surface area contributed by atoms with Crippen LogP contribution in [0.2, 0.25) is 5.02 Å². The molecule has 168 valence electrons. The molecule has 0 bridgehead atoms. The van der Waals surface area contributed by atoms with Crippen LogP contribution in [0.1, 0.15) is 10.4 Å². The van der Waals surface area contributed by atoms with Gasteiger partial charge in [0, 0.05) is 10.6 Å². The Kier molecular flexibility index (Phi) is 7.17. The minimum Gasteiger partial charge on any atom is -0.495 e. The fourth-order valence-electron chi connectivity index (χ4n) is 3.09. The van der Waals surface area contributed by atoms with Crippen LogP contribution in [-0.2, 0) is 9.59 Å². The molecule has 0 aliphatic carbocycles. The number of benzene rings is 2. The second-order valence-electron chi connectivity index (χ2n) is 7.10. The number of aryl methyl sites for hydroxylation is 1. The van der Waals surface area contributed by atoms with Crippen molar-refractivity contribution in [1.29, 1.82) is 0 Å². The van der Waals surface area contributed by atoms with Gasteiger partial charge in [-0.2, -0.15) is 0 Å². The first-order chi connectivity index (χ1) is 15.9. The molecule has 33 heavy (non-hydrogen) atoms. The van der Waals surface area contributed by atoms with Crippen molar-refractivity contribution in [1.82, 2.24) is 0 Å². The summed E-state index contributed by atoms with van der Waals surface area (Å²) >= 11 is 8.99. The number of methoxy groups -OCH3 is 1. The molecule has 0 unspecified atom stereocenters. The zero-order chi connectivity index (χ0) is 23.4. The number of hydrogen-bond acceptors (Lipinski definition) is 6. The first-order valence-electron chi connectivity index (χ1n) is 9.96. The van der Waals surface area contributed by atoms with E-state index >= 15 is 0 Å². The van der Waals surface area contributed by atoms with Crippen molar-refractivity contribution in [2.45, 2.75) is 6.92 Å². The fraction of sp³-hybridized carbons (Fsp3) is 0.125. The monoisotopic (exact) mass is 497 g/mol. The summed E-state index contributed by atoms with van der Waals surface area (Å²) in [5.74, 6) is 0.116. The number of halogens is 1. The number of rotatable bonds is 6. The molecule has 0 spiro atoms. The standard InChI is InChI=1S/C24H20ClN3O3S2/c1-15-5-7-16(8-6-15)26-22(29)14-33-24-27-20(13-18-4-3-11-32-18)23(30)28(24)17-9-10-21(31-2)19(25)12-17/h3-13H,14H2,1-2H3,(H,26,29)/b20-13+. The average molecular weight is 498 g/mol. The Bertz CT molecular complexity index is 1240. The number of anilines is 2. The summed E-state index contributed by atoms with van der Waals surface area (Å²) in [6, 6.07) is 16.5. The largest absolute Gasteiger partial charge is 0.495 e. The predicted molar refractivity (Wildman–Crippen MR) is 137 cm³/mol. The molecule has 2 amide bonds. The number of thioether (sulfide) groups is 1. The molecule has 0 radical (unpaired) electrons. The SMILES string of the molecule is COc1ccc(N2C(=O)/C(=C\c3cccs3)N=C2SCC(=O)Nc2ccc(C)cc2)cc1Cl. The second kappa shape index (κ2) is 10.2. The zero-order valence-corrected chi connectivity index (χ0v) is 20.3. The minimum absolute atomic E-state index is 0.0899. The third-order valence-electron chi connectivity index (χ3n) is 4.71. The van der Waals surface area contributed by atoms with Gasteiger partial charge in [0.25, 0.3) is 5.91 Å². The van der Waals surface area contributed by atoms with Gasteiger partial charge in [-0.25, -0.2) is 4.99 Å². The number of hydrogen-bond donors (Lipinski definition) is 1. The normalized spacial score (nSPS) is 14.5. The Morgan fingerprint density at radius 2 is 2.03 bits per heavy atom. The van der Waals surface area contributed by atoms with Gasteiger partial charge >= 0.3 is 0 Å². The van der Waals surface area contributed by atoms with Gasteiger partial charge in [-0.15, -0.1) is 11.3 Å². The highest BCUT2D eigenvalue weighted by atomic mass is 35.5. The average Bonchev–Trinajstić information content (AvgIpc) is 3.42. The Labute approximate surface area is 204 Å². The lowest BCUT2D eigenvalue weighted by atomic mass is 10.2. The summed E-state index contributed by atoms with van der Waals surface area (Å²) in [5.41, 5.74) is 2.67. The topological polar surface area (TPSA) is 71.0 Å². The maximum Gasteiger partial charge on any atom is 0.283 e. The molecule has 1 aliphatic rings. The van der Waals surface area contributed by atoms with Crippen molar-refractivity contribution in [3.63, 3.8) is 0 Å². The van der Waals surface area contributed by atoms with Gasteiger partial charge in [0.2, 0.25) is 5.91 Å². The number of carbonyl (C=O) groups excluding carboxylic acids is 2. The quantitative estimate of drug-likeness (QED) is 0.435. The summed E-state index contributed by atoms with van der Waals surface area (Å²) in [4.78, 5) is 32.7. The zero-order valence-electron chi connectivity index (χ0n) is 17.9. The summed E-state index contributed by atoms with van der Waals surface area (Å²) in [7, 11) is 1.53. The highest BCUT2D eigenvalue weighted by Gasteiger charge is 2.33. The van der Waals surface area contributed by atoms with Crippen molar-refractivity contribution in [3.05, 3.63) is 81.1 Å². The van der Waals surface area contributed by atoms with Crippen LogP contribution >= 0.6 is 34.7 Å². The molecule has 1 N–H and O–H groups in total. The first-order valence-corrected chi connectivity index (χ1v) is 12.2. The van der Waals surface area contributed by atoms with Crippen LogP contribution in [0.25, 0.3) is 6.08 Å². The first kappa shape index (κ1) is 23.1. The molecule has 0 saturated heterocycles. The van der Waals surface area contributed by atoms with E-state index in [1.54, 1.807) is 24.3 Å². The van der Waals surface area contributed by atoms with Crippen LogP contribution in [0.4, 0.5) is 11.4 Å². The maximum atomic E-state index is 13.2. The van der Waals surface area contributed by atoms with Crippen LogP contribution in [0.15, 0.2) is 70.7 Å². The van der Waals surface area contributed by atoms with Crippen molar-refractivity contribution in [3.8, 4) is 5.75 Å². The van der Waals surface area contributed by atoms with Crippen LogP contribution in [0.5, 0.6) is 5.75 Å². The van der Waals surface area contributed by atoms with Gasteiger partial charge in [-0.05, 0) is 54.8 Å². The predicted octanol–water partition coefficient (Wildman–Crippen LogP) is 5.83. The molecule has 0 atom stereocenters. The van der Waals surface area contributed by atoms with Crippen molar-refractivity contribution < 1.29 is 14.3 Å². The molecule has 1 aromatic heterocycles. The lowest BCUT2D eigenvalue weighted by Gasteiger charge is -2.18. The van der Waals surface area contributed by atoms with E-state index in [-0.39, 0.29) is 17.6 Å². The molecule has 2 aromatic carbocycles. The van der Waals surface area contributed by atoms with Gasteiger partial charge in [-0.1, -0.05) is 47.1 Å². The Hall–Kier alpha value is -3.07. The maximum absolute atomic E-state index is 13.2. The number of nitrogens with one attached hydrogen (secondary N) is 1. The van der Waals surface area contributed by atoms with E-state index in [1.165, 1.54) is 35.1 Å². The number of carbonyl (C=O) groups is 2. The van der Waals surface area contributed by atoms with Gasteiger partial charge in [-0.3, -0.25) is 14.5 Å². The van der Waals surface area contributed by atoms with Crippen LogP contribution in [0.3, 0.4) is 0 Å².